The van der Waals surface area contributed by atoms with Gasteiger partial charge in [0.2, 0.25) is 0 Å². The molecule has 2 fully saturated rings. The summed E-state index contributed by atoms with van der Waals surface area (Å²) < 4.78 is 2.16. The first kappa shape index (κ1) is 19.0. The third-order valence-corrected chi connectivity index (χ3v) is 6.12. The Morgan fingerprint density at radius 3 is 2.89 bits per heavy atom. The van der Waals surface area contributed by atoms with Gasteiger partial charge in [-0.15, -0.1) is 0 Å². The van der Waals surface area contributed by atoms with Gasteiger partial charge in [-0.25, -0.2) is 14.8 Å². The van der Waals surface area contributed by atoms with Crippen LogP contribution in [0.4, 0.5) is 10.6 Å². The normalized spacial score (nSPS) is 25.6. The minimum Gasteiger partial charge on any atom is -0.465 e. The van der Waals surface area contributed by atoms with Gasteiger partial charge in [0.1, 0.15) is 5.52 Å². The highest BCUT2D eigenvalue weighted by Crippen LogP contribution is 2.31. The molecule has 0 bridgehead atoms. The lowest BCUT2D eigenvalue weighted by molar-refractivity contribution is 0.0825. The van der Waals surface area contributed by atoms with Crippen molar-refractivity contribution in [1.29, 1.82) is 0 Å². The second-order valence-electron chi connectivity index (χ2n) is 8.39. The first-order valence-corrected chi connectivity index (χ1v) is 10.2. The number of rotatable bonds is 4. The molecule has 2 aliphatic heterocycles. The van der Waals surface area contributed by atoms with Crippen LogP contribution in [0.25, 0.3) is 11.0 Å². The lowest BCUT2D eigenvalue weighted by atomic mass is 9.87. The predicted octanol–water partition coefficient (Wildman–Crippen LogP) is 2.85. The van der Waals surface area contributed by atoms with Crippen molar-refractivity contribution in [3.8, 4) is 0 Å². The van der Waals surface area contributed by atoms with E-state index in [9.17, 15) is 9.90 Å². The van der Waals surface area contributed by atoms with Crippen LogP contribution < -0.4 is 10.6 Å². The fraction of sp³-hybridized carbons (Fsp3) is 0.650. The molecule has 0 aromatic carbocycles. The van der Waals surface area contributed by atoms with Gasteiger partial charge in [-0.2, -0.15) is 0 Å². The predicted molar refractivity (Wildman–Crippen MR) is 109 cm³/mol. The number of aryl methyl sites for hydroxylation is 1. The van der Waals surface area contributed by atoms with Crippen LogP contribution in [0.1, 0.15) is 44.8 Å². The summed E-state index contributed by atoms with van der Waals surface area (Å²) in [5.74, 6) is 1.19. The van der Waals surface area contributed by atoms with Gasteiger partial charge in [-0.3, -0.25) is 0 Å². The third kappa shape index (κ3) is 3.53. The van der Waals surface area contributed by atoms with Crippen molar-refractivity contribution in [3.05, 3.63) is 18.1 Å². The first-order valence-electron chi connectivity index (χ1n) is 10.2. The zero-order valence-electron chi connectivity index (χ0n) is 16.9. The van der Waals surface area contributed by atoms with Crippen LogP contribution in [0, 0.1) is 12.8 Å². The second-order valence-corrected chi connectivity index (χ2v) is 8.39. The number of fused-ring (bicyclic) bond motifs is 1. The third-order valence-electron chi connectivity index (χ3n) is 6.12. The number of pyridine rings is 1. The average Bonchev–Trinajstić information content (AvgIpc) is 3.31. The molecule has 2 aliphatic rings. The Labute approximate surface area is 165 Å². The number of hydrogen-bond donors (Lipinski definition) is 3. The Kier molecular flexibility index (Phi) is 5.14. The highest BCUT2D eigenvalue weighted by atomic mass is 16.4. The molecule has 0 radical (unpaired) electrons. The molecule has 3 unspecified atom stereocenters. The van der Waals surface area contributed by atoms with Gasteiger partial charge in [0.15, 0.2) is 5.82 Å². The number of nitrogens with zero attached hydrogens (tertiary/aromatic N) is 4. The van der Waals surface area contributed by atoms with E-state index in [0.29, 0.717) is 18.5 Å². The summed E-state index contributed by atoms with van der Waals surface area (Å²) >= 11 is 0. The van der Waals surface area contributed by atoms with Crippen molar-refractivity contribution in [2.45, 2.75) is 58.2 Å². The molecule has 4 rings (SSSR count). The highest BCUT2D eigenvalue weighted by Gasteiger charge is 2.38. The first-order chi connectivity index (χ1) is 13.4. The molecule has 2 aromatic rings. The lowest BCUT2D eigenvalue weighted by Gasteiger charge is -2.41. The molecule has 3 N–H and O–H groups in total. The fourth-order valence-electron chi connectivity index (χ4n) is 4.68. The Bertz CT molecular complexity index is 858. The molecule has 2 aromatic heterocycles. The van der Waals surface area contributed by atoms with E-state index in [0.717, 1.165) is 54.9 Å². The van der Waals surface area contributed by atoms with E-state index in [1.165, 1.54) is 0 Å². The number of imidazole rings is 1. The van der Waals surface area contributed by atoms with E-state index in [2.05, 4.69) is 40.1 Å². The fourth-order valence-corrected chi connectivity index (χ4v) is 4.68. The standard InChI is InChI=1S/C20H30N6O2/c1-12(2)26-11-22-18-17(26)8-13(3)23-19(18)24-15-5-7-25(20(27)28)16(9-15)14-4-6-21-10-14/h8,11-12,14-16,21H,4-7,9-10H2,1-3H3,(H,23,24)(H,27,28). The number of nitrogens with one attached hydrogen (secondary N) is 2. The smallest absolute Gasteiger partial charge is 0.407 e. The number of aromatic nitrogens is 3. The Morgan fingerprint density at radius 2 is 2.21 bits per heavy atom. The van der Waals surface area contributed by atoms with Gasteiger partial charge in [-0.1, -0.05) is 0 Å². The number of piperidine rings is 1. The summed E-state index contributed by atoms with van der Waals surface area (Å²) in [7, 11) is 0. The van der Waals surface area contributed by atoms with E-state index in [4.69, 9.17) is 4.98 Å². The SMILES string of the molecule is Cc1cc2c(ncn2C(C)C)c(NC2CCN(C(=O)O)C(C3CCNC3)C2)n1. The number of anilines is 1. The van der Waals surface area contributed by atoms with Crippen LogP contribution in [0.3, 0.4) is 0 Å². The Hall–Kier alpha value is -2.35. The summed E-state index contributed by atoms with van der Waals surface area (Å²) in [5, 5.41) is 16.6. The van der Waals surface area contributed by atoms with Gasteiger partial charge in [0.25, 0.3) is 0 Å². The zero-order chi connectivity index (χ0) is 19.8. The summed E-state index contributed by atoms with van der Waals surface area (Å²) in [6, 6.07) is 2.65. The number of likely N-dealkylation sites (tertiary alicyclic amines) is 1. The summed E-state index contributed by atoms with van der Waals surface area (Å²) in [6.07, 6.45) is 3.70. The maximum atomic E-state index is 11.7. The van der Waals surface area contributed by atoms with Crippen molar-refractivity contribution in [2.24, 2.45) is 5.92 Å². The molecule has 1 amide bonds. The van der Waals surface area contributed by atoms with Gasteiger partial charge in [0, 0.05) is 30.4 Å². The molecular weight excluding hydrogens is 356 g/mol. The highest BCUT2D eigenvalue weighted by molar-refractivity contribution is 5.86. The van der Waals surface area contributed by atoms with E-state index in [-0.39, 0.29) is 12.1 Å². The van der Waals surface area contributed by atoms with Crippen molar-refractivity contribution >= 4 is 22.9 Å². The molecule has 8 nitrogen and oxygen atoms in total. The molecule has 3 atom stereocenters. The van der Waals surface area contributed by atoms with Gasteiger partial charge < -0.3 is 25.2 Å². The van der Waals surface area contributed by atoms with Crippen molar-refractivity contribution in [3.63, 3.8) is 0 Å². The number of hydrogen-bond acceptors (Lipinski definition) is 5. The van der Waals surface area contributed by atoms with Crippen LogP contribution >= 0.6 is 0 Å². The van der Waals surface area contributed by atoms with Crippen molar-refractivity contribution in [1.82, 2.24) is 24.8 Å². The Morgan fingerprint density at radius 1 is 1.39 bits per heavy atom. The number of amides is 1. The number of carboxylic acid groups (broad SMARTS) is 1. The van der Waals surface area contributed by atoms with Crippen molar-refractivity contribution in [2.75, 3.05) is 25.0 Å². The van der Waals surface area contributed by atoms with Gasteiger partial charge in [0.05, 0.1) is 11.8 Å². The van der Waals surface area contributed by atoms with Crippen LogP contribution in [0.15, 0.2) is 12.4 Å². The average molecular weight is 387 g/mol. The van der Waals surface area contributed by atoms with Gasteiger partial charge >= 0.3 is 6.09 Å². The molecular formula is C20H30N6O2. The van der Waals surface area contributed by atoms with E-state index < -0.39 is 6.09 Å². The summed E-state index contributed by atoms with van der Waals surface area (Å²) in [5.41, 5.74) is 2.93. The van der Waals surface area contributed by atoms with Crippen LogP contribution in [-0.2, 0) is 0 Å². The second kappa shape index (κ2) is 7.58. The van der Waals surface area contributed by atoms with Crippen LogP contribution in [0.2, 0.25) is 0 Å². The molecule has 2 saturated heterocycles. The molecule has 0 spiro atoms. The maximum Gasteiger partial charge on any atom is 0.407 e. The summed E-state index contributed by atoms with van der Waals surface area (Å²) in [6.45, 7) is 8.72. The van der Waals surface area contributed by atoms with E-state index in [1.54, 1.807) is 4.90 Å². The van der Waals surface area contributed by atoms with Crippen LogP contribution in [0.5, 0.6) is 0 Å². The number of carbonyl (C=O) groups is 1. The molecule has 0 aliphatic carbocycles. The monoisotopic (exact) mass is 386 g/mol. The largest absolute Gasteiger partial charge is 0.465 e. The summed E-state index contributed by atoms with van der Waals surface area (Å²) in [4.78, 5) is 22.7. The van der Waals surface area contributed by atoms with Crippen LogP contribution in [-0.4, -0.2) is 62.4 Å². The molecule has 28 heavy (non-hydrogen) atoms. The van der Waals surface area contributed by atoms with E-state index >= 15 is 0 Å². The minimum absolute atomic E-state index is 0.0484. The van der Waals surface area contributed by atoms with Gasteiger partial charge in [-0.05, 0) is 65.1 Å². The molecule has 8 heteroatoms. The zero-order valence-corrected chi connectivity index (χ0v) is 16.9. The topological polar surface area (TPSA) is 95.3 Å². The minimum atomic E-state index is -0.804. The molecule has 0 saturated carbocycles. The maximum absolute atomic E-state index is 11.7. The quantitative estimate of drug-likeness (QED) is 0.748. The van der Waals surface area contributed by atoms with Crippen molar-refractivity contribution < 1.29 is 9.90 Å². The van der Waals surface area contributed by atoms with E-state index in [1.807, 2.05) is 13.3 Å². The molecule has 4 heterocycles. The molecule has 152 valence electrons. The Balaban J connectivity index is 1.58. The lowest BCUT2D eigenvalue weighted by Crippen LogP contribution is -2.52.